The van der Waals surface area contributed by atoms with Crippen molar-refractivity contribution >= 4 is 17.9 Å². The van der Waals surface area contributed by atoms with E-state index in [-0.39, 0.29) is 38.6 Å². The Morgan fingerprint density at radius 1 is 0.365 bits per heavy atom. The first-order chi connectivity index (χ1) is 41.6. The molecule has 0 heterocycles. The molecule has 2 atom stereocenters. The molecule has 85 heavy (non-hydrogen) atoms. The summed E-state index contributed by atoms with van der Waals surface area (Å²) < 4.78 is 22.7. The average molecular weight is 1180 g/mol. The summed E-state index contributed by atoms with van der Waals surface area (Å²) in [4.78, 5) is 37.4. The summed E-state index contributed by atoms with van der Waals surface area (Å²) in [5.41, 5.74) is 0. The van der Waals surface area contributed by atoms with E-state index in [1.54, 1.807) is 0 Å². The zero-order chi connectivity index (χ0) is 61.9. The molecule has 0 aliphatic heterocycles. The van der Waals surface area contributed by atoms with Crippen LogP contribution in [0.2, 0.25) is 0 Å². The van der Waals surface area contributed by atoms with Crippen molar-refractivity contribution in [3.8, 4) is 0 Å². The SMILES string of the molecule is CC/C=C\C/C=C\C/C=C\C/C=C\C/C=C\C/C=C\C/C=C\C/C=C\C/C=C\C/C=C\CCCCC(=O)OC(COC(=O)CCCCCCCCCCCCCCCCC/C=C\C/C=C\CCCCCCC)COC(OCC[N+](C)(C)C)C(=O)[O-]. The highest BCUT2D eigenvalue weighted by atomic mass is 16.7. The van der Waals surface area contributed by atoms with Crippen LogP contribution in [0.3, 0.4) is 0 Å². The lowest BCUT2D eigenvalue weighted by atomic mass is 10.0. The van der Waals surface area contributed by atoms with Gasteiger partial charge < -0.3 is 33.3 Å². The number of hydrogen-bond donors (Lipinski definition) is 0. The maximum atomic E-state index is 12.9. The van der Waals surface area contributed by atoms with Gasteiger partial charge in [-0.2, -0.15) is 0 Å². The van der Waals surface area contributed by atoms with Crippen LogP contribution in [-0.4, -0.2) is 82.3 Å². The van der Waals surface area contributed by atoms with E-state index in [1.807, 2.05) is 21.1 Å². The van der Waals surface area contributed by atoms with Crippen LogP contribution in [0.15, 0.2) is 146 Å². The molecular formula is C76H125NO8. The van der Waals surface area contributed by atoms with Crippen molar-refractivity contribution < 1.29 is 42.9 Å². The Bertz CT molecular complexity index is 1900. The molecule has 0 aliphatic carbocycles. The number of quaternary nitrogens is 1. The number of nitrogens with zero attached hydrogens (tertiary/aromatic N) is 1. The number of carbonyl (C=O) groups is 3. The second-order valence-corrected chi connectivity index (χ2v) is 23.4. The van der Waals surface area contributed by atoms with Crippen LogP contribution in [0.25, 0.3) is 0 Å². The summed E-state index contributed by atoms with van der Waals surface area (Å²) in [6.45, 7) is 4.57. The zero-order valence-electron chi connectivity index (χ0n) is 54.9. The van der Waals surface area contributed by atoms with Gasteiger partial charge in [-0.25, -0.2) is 0 Å². The van der Waals surface area contributed by atoms with Gasteiger partial charge in [-0.3, -0.25) is 9.59 Å². The molecule has 9 nitrogen and oxygen atoms in total. The van der Waals surface area contributed by atoms with Crippen LogP contribution in [0.5, 0.6) is 0 Å². The molecule has 0 aromatic rings. The van der Waals surface area contributed by atoms with Crippen molar-refractivity contribution in [2.24, 2.45) is 0 Å². The lowest BCUT2D eigenvalue weighted by molar-refractivity contribution is -0.870. The Balaban J connectivity index is 4.28. The summed E-state index contributed by atoms with van der Waals surface area (Å²) >= 11 is 0. The first-order valence-corrected chi connectivity index (χ1v) is 34.0. The van der Waals surface area contributed by atoms with Crippen LogP contribution in [0.4, 0.5) is 0 Å². The number of rotatable bonds is 61. The van der Waals surface area contributed by atoms with E-state index in [9.17, 15) is 19.5 Å². The fraction of sp³-hybridized carbons (Fsp3) is 0.645. The molecule has 482 valence electrons. The fourth-order valence-electron chi connectivity index (χ4n) is 8.89. The quantitative estimate of drug-likeness (QED) is 0.0195. The Morgan fingerprint density at radius 3 is 1.02 bits per heavy atom. The smallest absolute Gasteiger partial charge is 0.306 e. The van der Waals surface area contributed by atoms with Gasteiger partial charge >= 0.3 is 11.9 Å². The van der Waals surface area contributed by atoms with E-state index in [2.05, 4.69) is 160 Å². The molecule has 0 spiro atoms. The standard InChI is InChI=1S/C76H125NO8/c1-6-8-10-12-14-16-18-20-22-24-26-28-30-32-34-35-36-37-38-39-41-43-45-47-49-51-53-55-57-59-61-63-65-67-74(79)85-72(71-84-76(75(80)81)82-69-68-77(3,4)5)70-83-73(78)66-64-62-60-58-56-54-52-50-48-46-44-42-40-33-31-29-27-25-23-21-19-17-15-13-11-9-7-2/h8,10,14,16,19-22,25-28,32,34,36-37,39,41,45,47,51,53,57,59,72,76H,6-7,9,11-13,15,17-18,23-24,29-31,33,35,38,40,42-44,46,48-50,52,54-56,58,60-71H2,1-5H3/b10-8-,16-14-,21-19-,22-20-,27-25-,28-26-,34-32-,37-36-,41-39-,47-45-,53-51-,59-57-. The van der Waals surface area contributed by atoms with Crippen LogP contribution < -0.4 is 5.11 Å². The first-order valence-electron chi connectivity index (χ1n) is 34.0. The van der Waals surface area contributed by atoms with Gasteiger partial charge in [-0.1, -0.05) is 269 Å². The maximum Gasteiger partial charge on any atom is 0.306 e. The van der Waals surface area contributed by atoms with Gasteiger partial charge in [0, 0.05) is 12.8 Å². The van der Waals surface area contributed by atoms with Crippen molar-refractivity contribution in [2.75, 3.05) is 47.5 Å². The van der Waals surface area contributed by atoms with Gasteiger partial charge in [-0.15, -0.1) is 0 Å². The van der Waals surface area contributed by atoms with Crippen molar-refractivity contribution in [3.05, 3.63) is 146 Å². The molecule has 0 radical (unpaired) electrons. The molecule has 0 amide bonds. The number of esters is 2. The van der Waals surface area contributed by atoms with Crippen molar-refractivity contribution in [1.29, 1.82) is 0 Å². The largest absolute Gasteiger partial charge is 0.545 e. The number of likely N-dealkylation sites (N-methyl/N-ethyl adjacent to an activating group) is 1. The topological polar surface area (TPSA) is 111 Å². The van der Waals surface area contributed by atoms with Crippen LogP contribution in [-0.2, 0) is 33.3 Å². The first kappa shape index (κ1) is 80.2. The number of hydrogen-bond acceptors (Lipinski definition) is 8. The minimum absolute atomic E-state index is 0.132. The molecule has 9 heteroatoms. The zero-order valence-corrected chi connectivity index (χ0v) is 54.9. The second kappa shape index (κ2) is 65.2. The number of unbranched alkanes of at least 4 members (excludes halogenated alkanes) is 22. The highest BCUT2D eigenvalue weighted by molar-refractivity contribution is 5.70. The highest BCUT2D eigenvalue weighted by Crippen LogP contribution is 2.16. The summed E-state index contributed by atoms with van der Waals surface area (Å²) in [6, 6.07) is 0. The Morgan fingerprint density at radius 2 is 0.671 bits per heavy atom. The van der Waals surface area contributed by atoms with E-state index in [1.165, 1.54) is 122 Å². The Hall–Kier alpha value is -4.83. The van der Waals surface area contributed by atoms with E-state index < -0.39 is 24.3 Å². The van der Waals surface area contributed by atoms with Crippen molar-refractivity contribution in [1.82, 2.24) is 0 Å². The Labute approximate surface area is 522 Å². The van der Waals surface area contributed by atoms with Crippen LogP contribution in [0, 0.1) is 0 Å². The van der Waals surface area contributed by atoms with Gasteiger partial charge in [0.25, 0.3) is 0 Å². The van der Waals surface area contributed by atoms with Gasteiger partial charge in [0.15, 0.2) is 12.4 Å². The molecule has 0 aliphatic rings. The van der Waals surface area contributed by atoms with E-state index in [0.29, 0.717) is 17.4 Å². The lowest BCUT2D eigenvalue weighted by Gasteiger charge is -2.26. The minimum atomic E-state index is -1.64. The number of carbonyl (C=O) groups excluding carboxylic acids is 3. The summed E-state index contributed by atoms with van der Waals surface area (Å²) in [5.74, 6) is -2.35. The molecular weight excluding hydrogens is 1050 g/mol. The molecule has 0 fully saturated rings. The minimum Gasteiger partial charge on any atom is -0.545 e. The average Bonchev–Trinajstić information content (AvgIpc) is 3.49. The summed E-state index contributed by atoms with van der Waals surface area (Å²) in [6.07, 6.45) is 92.1. The lowest BCUT2D eigenvalue weighted by Crippen LogP contribution is -2.44. The van der Waals surface area contributed by atoms with E-state index in [0.717, 1.165) is 103 Å². The third kappa shape index (κ3) is 66.5. The van der Waals surface area contributed by atoms with Gasteiger partial charge in [0.1, 0.15) is 13.2 Å². The van der Waals surface area contributed by atoms with Gasteiger partial charge in [-0.05, 0) is 122 Å². The Kier molecular flexibility index (Phi) is 61.4. The van der Waals surface area contributed by atoms with Crippen molar-refractivity contribution in [3.63, 3.8) is 0 Å². The number of ether oxygens (including phenoxy) is 4. The third-order valence-electron chi connectivity index (χ3n) is 14.1. The second-order valence-electron chi connectivity index (χ2n) is 23.4. The monoisotopic (exact) mass is 1180 g/mol. The van der Waals surface area contributed by atoms with Crippen LogP contribution in [0.1, 0.15) is 258 Å². The summed E-state index contributed by atoms with van der Waals surface area (Å²) in [5, 5.41) is 11.8. The van der Waals surface area contributed by atoms with Gasteiger partial charge in [0.05, 0.1) is 40.3 Å². The maximum absolute atomic E-state index is 12.9. The fourth-order valence-corrected chi connectivity index (χ4v) is 8.89. The highest BCUT2D eigenvalue weighted by Gasteiger charge is 2.22. The van der Waals surface area contributed by atoms with E-state index in [4.69, 9.17) is 18.9 Å². The molecule has 0 aromatic carbocycles. The molecule has 0 saturated carbocycles. The molecule has 0 aromatic heterocycles. The van der Waals surface area contributed by atoms with E-state index >= 15 is 0 Å². The molecule has 0 N–H and O–H groups in total. The van der Waals surface area contributed by atoms with Gasteiger partial charge in [0.2, 0.25) is 0 Å². The van der Waals surface area contributed by atoms with Crippen molar-refractivity contribution in [2.45, 2.75) is 270 Å². The number of aliphatic carboxylic acids is 1. The molecule has 0 saturated heterocycles. The predicted molar refractivity (Wildman–Crippen MR) is 361 cm³/mol. The number of allylic oxidation sites excluding steroid dienone is 24. The molecule has 0 rings (SSSR count). The molecule has 0 bridgehead atoms. The molecule has 2 unspecified atom stereocenters. The normalized spacial score (nSPS) is 13.7. The predicted octanol–water partition coefficient (Wildman–Crippen LogP) is 19.8. The van der Waals surface area contributed by atoms with Crippen LogP contribution >= 0.6 is 0 Å². The number of carboxylic acid groups (broad SMARTS) is 1. The third-order valence-corrected chi connectivity index (χ3v) is 14.1. The summed E-state index contributed by atoms with van der Waals surface area (Å²) in [7, 11) is 5.90. The number of carboxylic acids is 1.